The number of nitriles is 1. The summed E-state index contributed by atoms with van der Waals surface area (Å²) in [7, 11) is 0. The number of hydrogen-bond donors (Lipinski definition) is 0. The summed E-state index contributed by atoms with van der Waals surface area (Å²) >= 11 is 0. The van der Waals surface area contributed by atoms with Gasteiger partial charge in [-0.25, -0.2) is 8.78 Å². The van der Waals surface area contributed by atoms with E-state index in [1.54, 1.807) is 6.92 Å². The third-order valence-corrected chi connectivity index (χ3v) is 2.53. The fourth-order valence-corrected chi connectivity index (χ4v) is 1.45. The third-order valence-electron chi connectivity index (χ3n) is 2.53. The monoisotopic (exact) mass is 225 g/mol. The van der Waals surface area contributed by atoms with Gasteiger partial charge < -0.3 is 9.47 Å². The maximum Gasteiger partial charge on any atom is 0.227 e. The molecule has 0 aromatic heterocycles. The van der Waals surface area contributed by atoms with Gasteiger partial charge in [0.25, 0.3) is 0 Å². The van der Waals surface area contributed by atoms with Crippen LogP contribution in [0.15, 0.2) is 12.1 Å². The molecule has 1 aliphatic rings. The largest absolute Gasteiger partial charge is 0.484 e. The Morgan fingerprint density at radius 2 is 2.00 bits per heavy atom. The van der Waals surface area contributed by atoms with Gasteiger partial charge >= 0.3 is 0 Å². The molecule has 0 N–H and O–H groups in total. The highest BCUT2D eigenvalue weighted by molar-refractivity contribution is 5.43. The van der Waals surface area contributed by atoms with Crippen LogP contribution in [0.2, 0.25) is 0 Å². The van der Waals surface area contributed by atoms with E-state index < -0.39 is 17.2 Å². The van der Waals surface area contributed by atoms with E-state index in [0.717, 1.165) is 12.1 Å². The molecule has 1 aromatic rings. The molecule has 1 aromatic carbocycles. The number of rotatable bonds is 1. The van der Waals surface area contributed by atoms with Crippen molar-refractivity contribution < 1.29 is 18.3 Å². The van der Waals surface area contributed by atoms with Crippen molar-refractivity contribution in [2.75, 3.05) is 6.61 Å². The molecule has 0 radical (unpaired) electrons. The number of ether oxygens (including phenoxy) is 2. The zero-order valence-electron chi connectivity index (χ0n) is 8.59. The Kier molecular flexibility index (Phi) is 2.43. The molecule has 0 spiro atoms. The lowest BCUT2D eigenvalue weighted by Gasteiger charge is -2.32. The fraction of sp³-hybridized carbons (Fsp3) is 0.364. The molecule has 1 atom stereocenters. The van der Waals surface area contributed by atoms with Crippen molar-refractivity contribution in [1.82, 2.24) is 0 Å². The summed E-state index contributed by atoms with van der Waals surface area (Å²) in [6.07, 6.45) is 0.405. The van der Waals surface area contributed by atoms with Crippen molar-refractivity contribution in [3.8, 4) is 17.6 Å². The molecule has 1 unspecified atom stereocenters. The van der Waals surface area contributed by atoms with Crippen molar-refractivity contribution in [3.05, 3.63) is 23.8 Å². The predicted octanol–water partition coefficient (Wildman–Crippen LogP) is 2.41. The average molecular weight is 225 g/mol. The molecule has 3 nitrogen and oxygen atoms in total. The fourth-order valence-electron chi connectivity index (χ4n) is 1.45. The van der Waals surface area contributed by atoms with Crippen LogP contribution in [-0.2, 0) is 0 Å². The molecule has 0 saturated carbocycles. The van der Waals surface area contributed by atoms with Crippen LogP contribution < -0.4 is 9.47 Å². The normalized spacial score (nSPS) is 22.6. The summed E-state index contributed by atoms with van der Waals surface area (Å²) in [5, 5.41) is 8.97. The Morgan fingerprint density at radius 3 is 2.56 bits per heavy atom. The first-order valence-electron chi connectivity index (χ1n) is 4.82. The summed E-state index contributed by atoms with van der Waals surface area (Å²) < 4.78 is 36.4. The number of nitrogens with zero attached hydrogens (tertiary/aromatic N) is 1. The van der Waals surface area contributed by atoms with Gasteiger partial charge in [0.05, 0.1) is 0 Å². The van der Waals surface area contributed by atoms with Crippen LogP contribution in [0.4, 0.5) is 8.78 Å². The molecule has 84 valence electrons. The van der Waals surface area contributed by atoms with Gasteiger partial charge in [0.2, 0.25) is 5.60 Å². The number of hydrogen-bond acceptors (Lipinski definition) is 3. The standard InChI is InChI=1S/C11H9F2NO2/c1-2-11(5-14)6-15-9-3-7(12)8(13)4-10(9)16-11/h3-4H,2,6H2,1H3. The molecule has 0 bridgehead atoms. The highest BCUT2D eigenvalue weighted by Crippen LogP contribution is 2.37. The third kappa shape index (κ3) is 1.56. The van der Waals surface area contributed by atoms with Crippen LogP contribution in [0, 0.1) is 23.0 Å². The van der Waals surface area contributed by atoms with E-state index in [2.05, 4.69) is 0 Å². The smallest absolute Gasteiger partial charge is 0.227 e. The van der Waals surface area contributed by atoms with E-state index in [4.69, 9.17) is 14.7 Å². The summed E-state index contributed by atoms with van der Waals surface area (Å²) in [4.78, 5) is 0. The lowest BCUT2D eigenvalue weighted by molar-refractivity contribution is 0.0320. The van der Waals surface area contributed by atoms with Gasteiger partial charge in [-0.1, -0.05) is 6.92 Å². The second-order valence-electron chi connectivity index (χ2n) is 3.56. The van der Waals surface area contributed by atoms with Crippen molar-refractivity contribution in [2.45, 2.75) is 18.9 Å². The average Bonchev–Trinajstić information content (AvgIpc) is 2.30. The Labute approximate surface area is 91.2 Å². The Hall–Kier alpha value is -1.83. The van der Waals surface area contributed by atoms with Crippen LogP contribution in [0.25, 0.3) is 0 Å². The Morgan fingerprint density at radius 1 is 1.38 bits per heavy atom. The maximum absolute atomic E-state index is 13.0. The van der Waals surface area contributed by atoms with Crippen LogP contribution >= 0.6 is 0 Å². The van der Waals surface area contributed by atoms with Crippen LogP contribution in [0.5, 0.6) is 11.5 Å². The van der Waals surface area contributed by atoms with Crippen LogP contribution in [0.3, 0.4) is 0 Å². The first-order valence-corrected chi connectivity index (χ1v) is 4.82. The van der Waals surface area contributed by atoms with Crippen molar-refractivity contribution in [1.29, 1.82) is 5.26 Å². The first-order chi connectivity index (χ1) is 7.60. The van der Waals surface area contributed by atoms with Crippen LogP contribution in [0.1, 0.15) is 13.3 Å². The van der Waals surface area contributed by atoms with Crippen molar-refractivity contribution in [2.24, 2.45) is 0 Å². The van der Waals surface area contributed by atoms with Crippen molar-refractivity contribution in [3.63, 3.8) is 0 Å². The maximum atomic E-state index is 13.0. The minimum absolute atomic E-state index is 0.0120. The number of halogens is 2. The SMILES string of the molecule is CCC1(C#N)COc2cc(F)c(F)cc2O1. The molecule has 0 saturated heterocycles. The quantitative estimate of drug-likeness (QED) is 0.737. The topological polar surface area (TPSA) is 42.2 Å². The van der Waals surface area contributed by atoms with Gasteiger partial charge in [-0.2, -0.15) is 5.26 Å². The molecular formula is C11H9F2NO2. The lowest BCUT2D eigenvalue weighted by Crippen LogP contribution is -2.43. The lowest BCUT2D eigenvalue weighted by atomic mass is 10.0. The van der Waals surface area contributed by atoms with E-state index in [0.29, 0.717) is 6.42 Å². The molecule has 16 heavy (non-hydrogen) atoms. The van der Waals surface area contributed by atoms with Crippen molar-refractivity contribution >= 4 is 0 Å². The van der Waals surface area contributed by atoms with Gasteiger partial charge in [-0.15, -0.1) is 0 Å². The van der Waals surface area contributed by atoms with Gasteiger partial charge in [0.1, 0.15) is 12.7 Å². The zero-order valence-corrected chi connectivity index (χ0v) is 8.59. The molecule has 5 heteroatoms. The number of fused-ring (bicyclic) bond motifs is 1. The van der Waals surface area contributed by atoms with Crippen LogP contribution in [-0.4, -0.2) is 12.2 Å². The minimum atomic E-state index is -1.11. The molecule has 0 amide bonds. The molecule has 0 aliphatic carbocycles. The van der Waals surface area contributed by atoms with E-state index in [1.165, 1.54) is 0 Å². The highest BCUT2D eigenvalue weighted by atomic mass is 19.2. The summed E-state index contributed by atoms with van der Waals surface area (Å²) in [6.45, 7) is 1.77. The highest BCUT2D eigenvalue weighted by Gasteiger charge is 2.37. The predicted molar refractivity (Wildman–Crippen MR) is 51.1 cm³/mol. The van der Waals surface area contributed by atoms with E-state index in [-0.39, 0.29) is 18.1 Å². The molecular weight excluding hydrogens is 216 g/mol. The number of benzene rings is 1. The van der Waals surface area contributed by atoms with Gasteiger partial charge in [0.15, 0.2) is 23.1 Å². The second-order valence-corrected chi connectivity index (χ2v) is 3.56. The first kappa shape index (κ1) is 10.7. The van der Waals surface area contributed by atoms with Gasteiger partial charge in [-0.05, 0) is 0 Å². The van der Waals surface area contributed by atoms with E-state index in [1.807, 2.05) is 6.07 Å². The summed E-state index contributed by atoms with van der Waals surface area (Å²) in [6, 6.07) is 3.79. The molecule has 0 fully saturated rings. The van der Waals surface area contributed by atoms with E-state index >= 15 is 0 Å². The Bertz CT molecular complexity index is 470. The summed E-state index contributed by atoms with van der Waals surface area (Å²) in [5.41, 5.74) is -1.11. The van der Waals surface area contributed by atoms with Gasteiger partial charge in [-0.3, -0.25) is 0 Å². The molecule has 2 rings (SSSR count). The molecule has 1 aliphatic heterocycles. The van der Waals surface area contributed by atoms with Gasteiger partial charge in [0, 0.05) is 18.6 Å². The zero-order chi connectivity index (χ0) is 11.8. The van der Waals surface area contributed by atoms with E-state index in [9.17, 15) is 8.78 Å². The minimum Gasteiger partial charge on any atom is -0.484 e. The molecule has 1 heterocycles. The second kappa shape index (κ2) is 3.63. The Balaban J connectivity index is 2.41. The summed E-state index contributed by atoms with van der Waals surface area (Å²) in [5.74, 6) is -1.83.